The summed E-state index contributed by atoms with van der Waals surface area (Å²) in [7, 11) is -2.20. The molecule has 1 atom stereocenters. The number of benzene rings is 1. The number of amides is 1. The average Bonchev–Trinajstić information content (AvgIpc) is 3.64. The number of piperidine rings is 1. The van der Waals surface area contributed by atoms with E-state index in [0.717, 1.165) is 51.0 Å². The number of nitrogens with zero attached hydrogens (tertiary/aromatic N) is 4. The number of sulfonamides is 1. The van der Waals surface area contributed by atoms with Gasteiger partial charge in [-0.3, -0.25) is 9.10 Å². The number of aromatic nitrogens is 2. The number of anilines is 4. The third kappa shape index (κ3) is 4.99. The van der Waals surface area contributed by atoms with Crippen LogP contribution in [0, 0.1) is 11.3 Å². The summed E-state index contributed by atoms with van der Waals surface area (Å²) in [6.45, 7) is 2.00. The van der Waals surface area contributed by atoms with Crippen molar-refractivity contribution in [3.8, 4) is 0 Å². The first-order valence-corrected chi connectivity index (χ1v) is 14.3. The first-order chi connectivity index (χ1) is 17.3. The van der Waals surface area contributed by atoms with E-state index in [1.807, 2.05) is 0 Å². The van der Waals surface area contributed by atoms with Crippen LogP contribution in [0.15, 0.2) is 30.5 Å². The maximum atomic E-state index is 13.4. The third-order valence-corrected chi connectivity index (χ3v) is 9.68. The molecular weight excluding hydrogens is 480 g/mol. The second-order valence-corrected chi connectivity index (χ2v) is 12.2. The van der Waals surface area contributed by atoms with Gasteiger partial charge in [0, 0.05) is 32.9 Å². The average molecular weight is 515 g/mol. The Labute approximate surface area is 212 Å². The minimum absolute atomic E-state index is 0.305. The van der Waals surface area contributed by atoms with E-state index in [2.05, 4.69) is 25.5 Å². The highest BCUT2D eigenvalue weighted by molar-refractivity contribution is 7.92. The van der Waals surface area contributed by atoms with E-state index in [-0.39, 0.29) is 11.7 Å². The van der Waals surface area contributed by atoms with Crippen molar-refractivity contribution in [1.29, 1.82) is 0 Å². The quantitative estimate of drug-likeness (QED) is 0.568. The number of carbonyl (C=O) groups excluding carboxylic acids is 1. The fourth-order valence-corrected chi connectivity index (χ4v) is 6.48. The molecule has 0 radical (unpaired) electrons. The molecule has 2 aliphatic heterocycles. The van der Waals surface area contributed by atoms with Crippen LogP contribution in [0.25, 0.3) is 0 Å². The summed E-state index contributed by atoms with van der Waals surface area (Å²) in [4.78, 5) is 24.4. The first kappa shape index (κ1) is 24.8. The van der Waals surface area contributed by atoms with E-state index in [0.29, 0.717) is 34.3 Å². The molecule has 1 amide bonds. The highest BCUT2D eigenvalue weighted by Gasteiger charge is 2.51. The van der Waals surface area contributed by atoms with Gasteiger partial charge in [-0.2, -0.15) is 4.98 Å². The van der Waals surface area contributed by atoms with Crippen molar-refractivity contribution in [3.05, 3.63) is 36.0 Å². The maximum Gasteiger partial charge on any atom is 0.258 e. The van der Waals surface area contributed by atoms with Crippen LogP contribution in [0.2, 0.25) is 0 Å². The molecule has 10 nitrogen and oxygen atoms in total. The molecule has 1 aliphatic carbocycles. The molecule has 3 N–H and O–H groups in total. The summed E-state index contributed by atoms with van der Waals surface area (Å²) < 4.78 is 26.4. The molecule has 4 bridgehead atoms. The van der Waals surface area contributed by atoms with Crippen LogP contribution >= 0.6 is 0 Å². The smallest absolute Gasteiger partial charge is 0.258 e. The first-order valence-electron chi connectivity index (χ1n) is 12.7. The highest BCUT2D eigenvalue weighted by Crippen LogP contribution is 2.58. The van der Waals surface area contributed by atoms with Gasteiger partial charge in [0.15, 0.2) is 0 Å². The van der Waals surface area contributed by atoms with Crippen molar-refractivity contribution in [2.75, 3.05) is 58.9 Å². The van der Waals surface area contributed by atoms with Gasteiger partial charge in [0.2, 0.25) is 16.0 Å². The molecule has 5 rings (SSSR count). The Bertz CT molecular complexity index is 1230. The Morgan fingerprint density at radius 1 is 1.22 bits per heavy atom. The van der Waals surface area contributed by atoms with Crippen molar-refractivity contribution in [1.82, 2.24) is 9.97 Å². The van der Waals surface area contributed by atoms with E-state index in [9.17, 15) is 18.3 Å². The lowest BCUT2D eigenvalue weighted by Crippen LogP contribution is -2.42. The number of nitrogens with one attached hydrogen (secondary N) is 2. The normalized spacial score (nSPS) is 21.4. The number of hydrogen-bond donors (Lipinski definition) is 3. The van der Waals surface area contributed by atoms with Crippen LogP contribution in [0.1, 0.15) is 48.9 Å². The molecule has 1 saturated carbocycles. The summed E-state index contributed by atoms with van der Waals surface area (Å²) >= 11 is 0. The van der Waals surface area contributed by atoms with Gasteiger partial charge >= 0.3 is 0 Å². The Hall–Kier alpha value is -2.92. The molecule has 3 aliphatic rings. The minimum Gasteiger partial charge on any atom is -0.395 e. The van der Waals surface area contributed by atoms with Gasteiger partial charge < -0.3 is 20.6 Å². The van der Waals surface area contributed by atoms with Gasteiger partial charge in [0.05, 0.1) is 29.3 Å². The van der Waals surface area contributed by atoms with E-state index in [1.54, 1.807) is 30.5 Å². The SMILES string of the molecule is CN(c1ccc2c(c1)N1CCC3(CC3)C(CCCCNc3nccc(n3)NC2=O)C1)S(=O)(=O)CCO. The van der Waals surface area contributed by atoms with Crippen LogP contribution < -0.4 is 19.8 Å². The highest BCUT2D eigenvalue weighted by atomic mass is 32.2. The summed E-state index contributed by atoms with van der Waals surface area (Å²) in [6.07, 6.45) is 8.44. The third-order valence-electron chi connectivity index (χ3n) is 7.94. The predicted octanol–water partition coefficient (Wildman–Crippen LogP) is 2.69. The van der Waals surface area contributed by atoms with Gasteiger partial charge in [-0.05, 0) is 67.7 Å². The van der Waals surface area contributed by atoms with E-state index < -0.39 is 16.6 Å². The number of carbonyl (C=O) groups is 1. The number of rotatable bonds is 4. The summed E-state index contributed by atoms with van der Waals surface area (Å²) in [6, 6.07) is 6.76. The number of aliphatic hydroxyl groups is 1. The van der Waals surface area contributed by atoms with Gasteiger partial charge in [-0.15, -0.1) is 0 Å². The van der Waals surface area contributed by atoms with Crippen molar-refractivity contribution >= 4 is 39.1 Å². The van der Waals surface area contributed by atoms with Crippen LogP contribution in [-0.4, -0.2) is 68.4 Å². The maximum absolute atomic E-state index is 13.4. The molecule has 1 aromatic carbocycles. The minimum atomic E-state index is -3.68. The van der Waals surface area contributed by atoms with E-state index in [1.165, 1.54) is 24.2 Å². The Kier molecular flexibility index (Phi) is 6.78. The topological polar surface area (TPSA) is 128 Å². The summed E-state index contributed by atoms with van der Waals surface area (Å²) in [5.41, 5.74) is 2.07. The molecule has 2 aromatic rings. The molecule has 3 heterocycles. The zero-order valence-corrected chi connectivity index (χ0v) is 21.4. The van der Waals surface area contributed by atoms with Crippen molar-refractivity contribution in [2.45, 2.75) is 38.5 Å². The fraction of sp³-hybridized carbons (Fsp3) is 0.560. The summed E-state index contributed by atoms with van der Waals surface area (Å²) in [5, 5.41) is 15.4. The standard InChI is InChI=1S/C25H34N6O4S/c1-30(36(34,35)15-14-32)19-5-6-20-21(16-19)31-13-10-25(8-9-25)18(17-31)4-2-3-11-26-24-27-12-7-22(29-24)28-23(20)33/h5-7,12,16,18,32H,2-4,8-11,13-15,17H2,1H3,(H2,26,27,28,29,33). The van der Waals surface area contributed by atoms with Crippen LogP contribution in [0.4, 0.5) is 23.1 Å². The number of hydrogen-bond acceptors (Lipinski definition) is 8. The zero-order chi connectivity index (χ0) is 25.3. The van der Waals surface area contributed by atoms with Gasteiger partial charge in [0.1, 0.15) is 5.82 Å². The largest absolute Gasteiger partial charge is 0.395 e. The molecule has 1 aromatic heterocycles. The molecule has 2 fully saturated rings. The van der Waals surface area contributed by atoms with Crippen LogP contribution in [0.5, 0.6) is 0 Å². The molecule has 1 spiro atoms. The molecule has 11 heteroatoms. The van der Waals surface area contributed by atoms with Crippen LogP contribution in [-0.2, 0) is 10.0 Å². The predicted molar refractivity (Wildman–Crippen MR) is 140 cm³/mol. The second-order valence-electron chi connectivity index (χ2n) is 10.1. The lowest BCUT2D eigenvalue weighted by atomic mass is 9.79. The zero-order valence-electron chi connectivity index (χ0n) is 20.6. The Morgan fingerprint density at radius 2 is 2.06 bits per heavy atom. The lowest BCUT2D eigenvalue weighted by Gasteiger charge is -2.41. The monoisotopic (exact) mass is 514 g/mol. The molecule has 1 unspecified atom stereocenters. The second kappa shape index (κ2) is 9.85. The fourth-order valence-electron chi connectivity index (χ4n) is 5.54. The van der Waals surface area contributed by atoms with Crippen molar-refractivity contribution in [2.24, 2.45) is 11.3 Å². The van der Waals surface area contributed by atoms with Crippen molar-refractivity contribution in [3.63, 3.8) is 0 Å². The van der Waals surface area contributed by atoms with E-state index >= 15 is 0 Å². The molecule has 1 saturated heterocycles. The molecular formula is C25H34N6O4S. The molecule has 194 valence electrons. The van der Waals surface area contributed by atoms with Crippen molar-refractivity contribution < 1.29 is 18.3 Å². The summed E-state index contributed by atoms with van der Waals surface area (Å²) in [5.74, 6) is 0.748. The van der Waals surface area contributed by atoms with Gasteiger partial charge in [-0.25, -0.2) is 13.4 Å². The van der Waals surface area contributed by atoms with Crippen LogP contribution in [0.3, 0.4) is 0 Å². The lowest BCUT2D eigenvalue weighted by molar-refractivity contribution is 0.102. The van der Waals surface area contributed by atoms with E-state index in [4.69, 9.17) is 0 Å². The number of aliphatic hydroxyl groups excluding tert-OH is 1. The van der Waals surface area contributed by atoms with Gasteiger partial charge in [-0.1, -0.05) is 6.42 Å². The Balaban J connectivity index is 1.54. The molecule has 36 heavy (non-hydrogen) atoms. The number of fused-ring (bicyclic) bond motifs is 7. The van der Waals surface area contributed by atoms with Gasteiger partial charge in [0.25, 0.3) is 5.91 Å². The Morgan fingerprint density at radius 3 is 2.83 bits per heavy atom.